The van der Waals surface area contributed by atoms with E-state index in [-0.39, 0.29) is 38.7 Å². The van der Waals surface area contributed by atoms with Crippen LogP contribution >= 0.6 is 7.82 Å². The summed E-state index contributed by atoms with van der Waals surface area (Å²) in [5.74, 6) is -0.976. The number of hydrogen-bond donors (Lipinski definition) is 3. The fraction of sp³-hybridized carbons (Fsp3) is 0.628. The molecule has 0 saturated carbocycles. The Kier molecular flexibility index (Phi) is 36.4. The second-order valence-electron chi connectivity index (χ2n) is 13.0. The molecule has 0 aromatic carbocycles. The number of nitrogens with two attached hydrogens (primary N) is 1. The van der Waals surface area contributed by atoms with Crippen molar-refractivity contribution in [2.45, 2.75) is 148 Å². The van der Waals surface area contributed by atoms with Gasteiger partial charge in [-0.1, -0.05) is 131 Å². The minimum atomic E-state index is -4.41. The van der Waals surface area contributed by atoms with Crippen molar-refractivity contribution in [2.24, 2.45) is 5.73 Å². The molecule has 0 spiro atoms. The molecule has 54 heavy (non-hydrogen) atoms. The van der Waals surface area contributed by atoms with Crippen LogP contribution in [0.25, 0.3) is 0 Å². The third kappa shape index (κ3) is 37.5. The van der Waals surface area contributed by atoms with E-state index in [1.165, 1.54) is 19.3 Å². The highest BCUT2D eigenvalue weighted by atomic mass is 31.2. The fourth-order valence-corrected chi connectivity index (χ4v) is 5.57. The zero-order valence-electron chi connectivity index (χ0n) is 33.3. The highest BCUT2D eigenvalue weighted by molar-refractivity contribution is 7.47. The normalized spacial score (nSPS) is 14.8. The largest absolute Gasteiger partial charge is 0.472 e. The summed E-state index contributed by atoms with van der Waals surface area (Å²) in [5.41, 5.74) is 5.33. The molecule has 0 saturated heterocycles. The Hall–Kier alpha value is -2.85. The van der Waals surface area contributed by atoms with Gasteiger partial charge in [0.1, 0.15) is 6.61 Å². The SMILES string of the molecule is CCCCC/C=C\C/C=C\C/C=C\CCCCC(=O)O[C@H](COC(=O)CCC/C=C\C/C=C\C/C=C\C=C\[C@H](O)CCCCC)COP(=O)(O)OCCN. The number of carbonyl (C=O) groups excluding carboxylic acids is 2. The van der Waals surface area contributed by atoms with Crippen LogP contribution in [0.1, 0.15) is 136 Å². The average molecular weight is 778 g/mol. The lowest BCUT2D eigenvalue weighted by Gasteiger charge is -2.19. The number of unbranched alkanes of at least 4 members (excludes halogenated alkanes) is 8. The van der Waals surface area contributed by atoms with Gasteiger partial charge >= 0.3 is 19.8 Å². The molecule has 11 heteroatoms. The van der Waals surface area contributed by atoms with Crippen LogP contribution in [-0.2, 0) is 32.7 Å². The van der Waals surface area contributed by atoms with Gasteiger partial charge in [-0.25, -0.2) is 4.57 Å². The summed E-state index contributed by atoms with van der Waals surface area (Å²) in [4.78, 5) is 34.7. The van der Waals surface area contributed by atoms with E-state index in [1.807, 2.05) is 36.5 Å². The summed E-state index contributed by atoms with van der Waals surface area (Å²) in [6.45, 7) is 3.42. The average Bonchev–Trinajstić information content (AvgIpc) is 3.15. The number of rotatable bonds is 36. The van der Waals surface area contributed by atoms with E-state index in [0.717, 1.165) is 70.6 Å². The molecular formula is C43H72NO9P. The van der Waals surface area contributed by atoms with E-state index < -0.39 is 32.5 Å². The molecule has 1 unspecified atom stereocenters. The molecule has 0 aliphatic rings. The van der Waals surface area contributed by atoms with Crippen molar-refractivity contribution >= 4 is 19.8 Å². The highest BCUT2D eigenvalue weighted by Gasteiger charge is 2.25. The fourth-order valence-electron chi connectivity index (χ4n) is 4.80. The Labute approximate surface area is 326 Å². The minimum absolute atomic E-state index is 0.0284. The van der Waals surface area contributed by atoms with Gasteiger partial charge in [0.25, 0.3) is 0 Å². The second-order valence-corrected chi connectivity index (χ2v) is 14.4. The van der Waals surface area contributed by atoms with Crippen molar-refractivity contribution in [3.05, 3.63) is 85.1 Å². The summed E-state index contributed by atoms with van der Waals surface area (Å²) in [6.07, 6.45) is 43.8. The van der Waals surface area contributed by atoms with Crippen molar-refractivity contribution in [2.75, 3.05) is 26.4 Å². The maximum atomic E-state index is 12.5. The predicted octanol–water partition coefficient (Wildman–Crippen LogP) is 10.2. The number of allylic oxidation sites excluding steroid dienone is 13. The van der Waals surface area contributed by atoms with E-state index in [2.05, 4.69) is 62.5 Å². The quantitative estimate of drug-likeness (QED) is 0.0184. The molecule has 10 nitrogen and oxygen atoms in total. The number of phosphoric ester groups is 1. The highest BCUT2D eigenvalue weighted by Crippen LogP contribution is 2.43. The number of phosphoric acid groups is 1. The van der Waals surface area contributed by atoms with Crippen molar-refractivity contribution < 1.29 is 42.7 Å². The second kappa shape index (κ2) is 38.4. The molecule has 0 rings (SSSR count). The first-order chi connectivity index (χ1) is 26.2. The maximum absolute atomic E-state index is 12.5. The third-order valence-corrected chi connectivity index (χ3v) is 8.84. The molecule has 0 heterocycles. The van der Waals surface area contributed by atoms with Crippen LogP contribution in [0.2, 0.25) is 0 Å². The number of ether oxygens (including phenoxy) is 2. The lowest BCUT2D eigenvalue weighted by Crippen LogP contribution is -2.29. The Morgan fingerprint density at radius 2 is 1.19 bits per heavy atom. The van der Waals surface area contributed by atoms with Crippen LogP contribution in [0.3, 0.4) is 0 Å². The molecule has 0 amide bonds. The van der Waals surface area contributed by atoms with Gasteiger partial charge in [-0.05, 0) is 77.0 Å². The number of carbonyl (C=O) groups is 2. The Bertz CT molecular complexity index is 1180. The number of aliphatic hydroxyl groups excluding tert-OH is 1. The van der Waals surface area contributed by atoms with E-state index in [1.54, 1.807) is 0 Å². The van der Waals surface area contributed by atoms with Crippen LogP contribution in [-0.4, -0.2) is 60.5 Å². The molecule has 0 aliphatic heterocycles. The summed E-state index contributed by atoms with van der Waals surface area (Å²) in [5, 5.41) is 9.88. The molecule has 0 fully saturated rings. The van der Waals surface area contributed by atoms with Crippen molar-refractivity contribution in [3.8, 4) is 0 Å². The first-order valence-electron chi connectivity index (χ1n) is 20.2. The van der Waals surface area contributed by atoms with E-state index >= 15 is 0 Å². The van der Waals surface area contributed by atoms with Gasteiger partial charge in [0, 0.05) is 19.4 Å². The minimum Gasteiger partial charge on any atom is -0.462 e. The van der Waals surface area contributed by atoms with E-state index in [4.69, 9.17) is 24.3 Å². The van der Waals surface area contributed by atoms with Crippen LogP contribution in [0.5, 0.6) is 0 Å². The predicted molar refractivity (Wildman–Crippen MR) is 221 cm³/mol. The zero-order chi connectivity index (χ0) is 39.8. The molecule has 3 atom stereocenters. The molecular weight excluding hydrogens is 705 g/mol. The van der Waals surface area contributed by atoms with Crippen LogP contribution in [0.4, 0.5) is 0 Å². The maximum Gasteiger partial charge on any atom is 0.472 e. The first-order valence-corrected chi connectivity index (χ1v) is 21.7. The third-order valence-electron chi connectivity index (χ3n) is 7.86. The Balaban J connectivity index is 4.42. The molecule has 0 bridgehead atoms. The summed E-state index contributed by atoms with van der Waals surface area (Å²) in [6, 6.07) is 0. The molecule has 0 radical (unpaired) electrons. The van der Waals surface area contributed by atoms with Crippen molar-refractivity contribution in [1.29, 1.82) is 0 Å². The van der Waals surface area contributed by atoms with Crippen molar-refractivity contribution in [1.82, 2.24) is 0 Å². The Morgan fingerprint density at radius 1 is 0.648 bits per heavy atom. The van der Waals surface area contributed by atoms with Gasteiger partial charge < -0.3 is 25.2 Å². The standard InChI is InChI=1S/C43H72NO9P/c1-3-5-7-8-9-10-11-12-13-14-17-21-24-27-31-35-43(47)53-41(39-52-54(48,49)51-37-36-44)38-50-42(46)34-30-26-23-20-18-15-16-19-22-25-29-33-40(45)32-28-6-4-2/h9-10,12-13,15-17,20-23,25,29,33,40-41,45H,3-8,11,14,18-19,24,26-28,30-32,34-39,44H2,1-2H3,(H,48,49)/b10-9-,13-12-,16-15-,21-17-,23-20-,25-22-,33-29+/t40-,41-/m1/s1. The molecule has 4 N–H and O–H groups in total. The van der Waals surface area contributed by atoms with E-state index in [0.29, 0.717) is 19.3 Å². The van der Waals surface area contributed by atoms with E-state index in [9.17, 15) is 24.2 Å². The molecule has 0 aromatic heterocycles. The molecule has 0 aliphatic carbocycles. The molecule has 0 aromatic rings. The van der Waals surface area contributed by atoms with Crippen molar-refractivity contribution in [3.63, 3.8) is 0 Å². The number of esters is 2. The first kappa shape index (κ1) is 51.1. The van der Waals surface area contributed by atoms with Gasteiger partial charge in [0.05, 0.1) is 19.3 Å². The van der Waals surface area contributed by atoms with Gasteiger partial charge in [0.2, 0.25) is 0 Å². The monoisotopic (exact) mass is 777 g/mol. The summed E-state index contributed by atoms with van der Waals surface area (Å²) < 4.78 is 32.6. The van der Waals surface area contributed by atoms with Crippen LogP contribution < -0.4 is 5.73 Å². The van der Waals surface area contributed by atoms with Gasteiger partial charge in [-0.2, -0.15) is 0 Å². The Morgan fingerprint density at radius 3 is 1.80 bits per heavy atom. The zero-order valence-corrected chi connectivity index (χ0v) is 34.2. The van der Waals surface area contributed by atoms with Crippen LogP contribution in [0.15, 0.2) is 85.1 Å². The van der Waals surface area contributed by atoms with Gasteiger partial charge in [0.15, 0.2) is 6.10 Å². The summed E-state index contributed by atoms with van der Waals surface area (Å²) >= 11 is 0. The molecule has 308 valence electrons. The van der Waals surface area contributed by atoms with Gasteiger partial charge in [-0.15, -0.1) is 0 Å². The lowest BCUT2D eigenvalue weighted by molar-refractivity contribution is -0.161. The lowest BCUT2D eigenvalue weighted by atomic mass is 10.1. The summed E-state index contributed by atoms with van der Waals surface area (Å²) in [7, 11) is -4.41. The number of aliphatic hydroxyl groups is 1. The van der Waals surface area contributed by atoms with Crippen LogP contribution in [0, 0.1) is 0 Å². The topological polar surface area (TPSA) is 155 Å². The van der Waals surface area contributed by atoms with Gasteiger partial charge in [-0.3, -0.25) is 18.6 Å². The smallest absolute Gasteiger partial charge is 0.462 e. The number of hydrogen-bond acceptors (Lipinski definition) is 9.